The highest BCUT2D eigenvalue weighted by Crippen LogP contribution is 2.02. The number of carboxylic acid groups (broad SMARTS) is 1. The molecule has 0 spiro atoms. The van der Waals surface area contributed by atoms with Crippen molar-refractivity contribution in [1.29, 1.82) is 0 Å². The molecule has 0 aliphatic heterocycles. The highest BCUT2D eigenvalue weighted by molar-refractivity contribution is 6.28. The van der Waals surface area contributed by atoms with Crippen LogP contribution >= 0.6 is 0 Å². The quantitative estimate of drug-likeness (QED) is 0.111. The molecule has 0 aliphatic rings. The van der Waals surface area contributed by atoms with E-state index in [9.17, 15) is 14.4 Å². The first-order valence-electron chi connectivity index (χ1n) is 4.59. The summed E-state index contributed by atoms with van der Waals surface area (Å²) in [5.41, 5.74) is 0. The van der Waals surface area contributed by atoms with Gasteiger partial charge in [0.05, 0.1) is 6.61 Å². The van der Waals surface area contributed by atoms with Gasteiger partial charge in [-0.3, -0.25) is 4.89 Å². The number of rotatable bonds is 5. The van der Waals surface area contributed by atoms with Crippen LogP contribution in [-0.4, -0.2) is 85.1 Å². The lowest BCUT2D eigenvalue weighted by molar-refractivity contribution is -0.235. The van der Waals surface area contributed by atoms with Crippen molar-refractivity contribution in [2.24, 2.45) is 0 Å². The molecule has 0 aromatic carbocycles. The molecule has 0 aromatic heterocycles. The van der Waals surface area contributed by atoms with Gasteiger partial charge in [0.15, 0.2) is 6.29 Å². The molecule has 7 N–H and O–H groups in total. The van der Waals surface area contributed by atoms with Gasteiger partial charge in [-0.25, -0.2) is 9.59 Å². The number of aliphatic carboxylic acids is 1. The summed E-state index contributed by atoms with van der Waals surface area (Å²) in [6.45, 7) is -0.760. The lowest BCUT2D eigenvalue weighted by Crippen LogP contribution is -2.46. The van der Waals surface area contributed by atoms with Crippen molar-refractivity contribution in [2.45, 2.75) is 24.4 Å². The summed E-state index contributed by atoms with van der Waals surface area (Å²) in [6.07, 6.45) is -6.84. The second-order valence-corrected chi connectivity index (χ2v) is 3.04. The van der Waals surface area contributed by atoms with E-state index in [1.807, 2.05) is 0 Å². The van der Waals surface area contributed by atoms with E-state index >= 15 is 0 Å². The first-order valence-corrected chi connectivity index (χ1v) is 4.59. The third kappa shape index (κ3) is 8.15. The van der Waals surface area contributed by atoms with Crippen LogP contribution in [0.4, 0.5) is 0 Å². The van der Waals surface area contributed by atoms with Crippen LogP contribution in [0.1, 0.15) is 0 Å². The molecule has 0 aromatic rings. The lowest BCUT2D eigenvalue weighted by atomic mass is 10.0. The topological polar surface area (TPSA) is 202 Å². The molecule has 112 valence electrons. The minimum atomic E-state index is -1.82. The Morgan fingerprint density at radius 2 is 1.58 bits per heavy atom. The first-order chi connectivity index (χ1) is 8.72. The Hall–Kier alpha value is -1.63. The zero-order valence-electron chi connectivity index (χ0n) is 9.36. The highest BCUT2D eigenvalue weighted by Gasteiger charge is 2.29. The van der Waals surface area contributed by atoms with E-state index in [1.165, 1.54) is 0 Å². The molecule has 0 radical (unpaired) electrons. The van der Waals surface area contributed by atoms with Gasteiger partial charge in [-0.15, -0.1) is 0 Å². The third-order valence-corrected chi connectivity index (χ3v) is 1.68. The van der Waals surface area contributed by atoms with Gasteiger partial charge in [0.1, 0.15) is 24.4 Å². The fourth-order valence-corrected chi connectivity index (χ4v) is 0.657. The zero-order valence-corrected chi connectivity index (χ0v) is 9.36. The van der Waals surface area contributed by atoms with Crippen LogP contribution < -0.4 is 0 Å². The van der Waals surface area contributed by atoms with E-state index in [0.29, 0.717) is 0 Å². The Labute approximate surface area is 105 Å². The molecule has 11 nitrogen and oxygen atoms in total. The lowest BCUT2D eigenvalue weighted by Gasteiger charge is -2.22. The summed E-state index contributed by atoms with van der Waals surface area (Å²) in [5, 5.41) is 58.4. The van der Waals surface area contributed by atoms with Gasteiger partial charge in [-0.2, -0.15) is 5.26 Å². The Balaban J connectivity index is 0. The summed E-state index contributed by atoms with van der Waals surface area (Å²) < 4.78 is 0. The summed E-state index contributed by atoms with van der Waals surface area (Å²) in [7, 11) is 0. The Morgan fingerprint density at radius 1 is 1.11 bits per heavy atom. The van der Waals surface area contributed by atoms with Crippen LogP contribution in [0, 0.1) is 0 Å². The maximum Gasteiger partial charge on any atom is 0.449 e. The fraction of sp³-hybridized carbons (Fsp3) is 0.625. The second-order valence-electron chi connectivity index (χ2n) is 3.04. The van der Waals surface area contributed by atoms with Crippen LogP contribution in [0.5, 0.6) is 0 Å². The number of carbonyl (C=O) groups is 3. The van der Waals surface area contributed by atoms with Crippen molar-refractivity contribution in [3.8, 4) is 0 Å². The van der Waals surface area contributed by atoms with E-state index in [4.69, 9.17) is 35.9 Å². The molecular weight excluding hydrogens is 272 g/mol. The Morgan fingerprint density at radius 3 is 1.79 bits per heavy atom. The molecule has 4 unspecified atom stereocenters. The minimum Gasteiger partial charge on any atom is -0.473 e. The summed E-state index contributed by atoms with van der Waals surface area (Å²) in [5.74, 6) is -3.50. The van der Waals surface area contributed by atoms with Crippen molar-refractivity contribution in [2.75, 3.05) is 6.61 Å². The number of aliphatic hydroxyl groups is 5. The molecule has 0 aliphatic carbocycles. The van der Waals surface area contributed by atoms with E-state index in [2.05, 4.69) is 4.89 Å². The van der Waals surface area contributed by atoms with Gasteiger partial charge in [0, 0.05) is 0 Å². The van der Waals surface area contributed by atoms with Gasteiger partial charge >= 0.3 is 11.9 Å². The molecule has 0 fully saturated rings. The Bertz CT molecular complexity index is 290. The molecule has 0 bridgehead atoms. The number of hydrogen-bond donors (Lipinski definition) is 7. The summed E-state index contributed by atoms with van der Waals surface area (Å²) in [6, 6.07) is 0. The molecule has 11 heteroatoms. The standard InChI is InChI=1S/C6H12O6.C2H2O5/c7-1-3(9)5(11)6(12)4(10)2-8;3-1(4)2(5)7-6/h1,3-6,8-12H,2H2;6H,(H,3,4). The van der Waals surface area contributed by atoms with E-state index in [1.54, 1.807) is 0 Å². The maximum absolute atomic E-state index is 9.90. The number of aldehydes is 1. The van der Waals surface area contributed by atoms with Crippen LogP contribution in [0.25, 0.3) is 0 Å². The normalized spacial score (nSPS) is 16.1. The predicted octanol–water partition coefficient (Wildman–Crippen LogP) is -4.29. The molecule has 0 amide bonds. The second kappa shape index (κ2) is 10.3. The summed E-state index contributed by atoms with van der Waals surface area (Å²) in [4.78, 5) is 31.4. The number of carboxylic acids is 1. The molecule has 0 saturated carbocycles. The first kappa shape index (κ1) is 19.7. The average molecular weight is 286 g/mol. The third-order valence-electron chi connectivity index (χ3n) is 1.68. The summed E-state index contributed by atoms with van der Waals surface area (Å²) >= 11 is 0. The van der Waals surface area contributed by atoms with Gasteiger partial charge in [0.25, 0.3) is 0 Å². The zero-order chi connectivity index (χ0) is 15.6. The molecular formula is C8H14O11. The van der Waals surface area contributed by atoms with Crippen molar-refractivity contribution < 1.29 is 55.2 Å². The van der Waals surface area contributed by atoms with Crippen LogP contribution in [-0.2, 0) is 19.3 Å². The maximum atomic E-state index is 9.90. The van der Waals surface area contributed by atoms with E-state index < -0.39 is 43.0 Å². The van der Waals surface area contributed by atoms with Crippen molar-refractivity contribution in [1.82, 2.24) is 0 Å². The molecule has 0 heterocycles. The van der Waals surface area contributed by atoms with Crippen LogP contribution in [0.3, 0.4) is 0 Å². The number of hydrogen-bond acceptors (Lipinski definition) is 10. The van der Waals surface area contributed by atoms with Gasteiger partial charge < -0.3 is 35.4 Å². The number of carbonyl (C=O) groups excluding carboxylic acids is 2. The predicted molar refractivity (Wildman–Crippen MR) is 53.5 cm³/mol. The van der Waals surface area contributed by atoms with Gasteiger partial charge in [0.2, 0.25) is 0 Å². The van der Waals surface area contributed by atoms with Crippen LogP contribution in [0.2, 0.25) is 0 Å². The SMILES string of the molecule is O=C(O)C(=O)OO.O=CC(O)C(O)C(O)C(O)CO. The average Bonchev–Trinajstić information content (AvgIpc) is 2.43. The van der Waals surface area contributed by atoms with E-state index in [0.717, 1.165) is 0 Å². The van der Waals surface area contributed by atoms with Gasteiger partial charge in [-0.1, -0.05) is 0 Å². The number of aliphatic hydroxyl groups excluding tert-OH is 5. The van der Waals surface area contributed by atoms with Crippen molar-refractivity contribution in [3.05, 3.63) is 0 Å². The van der Waals surface area contributed by atoms with Gasteiger partial charge in [-0.05, 0) is 0 Å². The minimum absolute atomic E-state index is 0.0258. The molecule has 19 heavy (non-hydrogen) atoms. The monoisotopic (exact) mass is 286 g/mol. The Kier molecular flexibility index (Phi) is 10.7. The van der Waals surface area contributed by atoms with Crippen LogP contribution in [0.15, 0.2) is 0 Å². The van der Waals surface area contributed by atoms with Crippen molar-refractivity contribution in [3.63, 3.8) is 0 Å². The van der Waals surface area contributed by atoms with E-state index in [-0.39, 0.29) is 6.29 Å². The molecule has 0 saturated heterocycles. The molecule has 4 atom stereocenters. The molecule has 0 rings (SSSR count). The fourth-order valence-electron chi connectivity index (χ4n) is 0.657. The van der Waals surface area contributed by atoms with Crippen molar-refractivity contribution >= 4 is 18.2 Å². The largest absolute Gasteiger partial charge is 0.473 e. The smallest absolute Gasteiger partial charge is 0.449 e. The highest BCUT2D eigenvalue weighted by atomic mass is 17.1.